The fourth-order valence-corrected chi connectivity index (χ4v) is 3.86. The first-order valence-electron chi connectivity index (χ1n) is 6.00. The lowest BCUT2D eigenvalue weighted by Crippen LogP contribution is -2.14. The molecule has 22 heavy (non-hydrogen) atoms. The molecule has 0 atom stereocenters. The van der Waals surface area contributed by atoms with Crippen molar-refractivity contribution < 1.29 is 17.9 Å². The maximum atomic E-state index is 11.9. The van der Waals surface area contributed by atoms with E-state index in [0.717, 1.165) is 11.0 Å². The van der Waals surface area contributed by atoms with Crippen molar-refractivity contribution in [3.63, 3.8) is 0 Å². The highest BCUT2D eigenvalue weighted by atomic mass is 35.5. The molecular weight excluding hydrogens is 346 g/mol. The maximum Gasteiger partial charge on any atom is 0.339 e. The standard InChI is InChI=1S/C14H12ClNO4S2/c1-20-14(17)10-7-13(22(16,18)19)11(15)8-12(10)21-9-5-3-2-4-6-9/h2-8H,1H3,(H2,16,18,19). The van der Waals surface area contributed by atoms with E-state index >= 15 is 0 Å². The molecule has 2 rings (SSSR count). The molecule has 0 unspecified atom stereocenters. The van der Waals surface area contributed by atoms with Crippen LogP contribution in [-0.2, 0) is 14.8 Å². The lowest BCUT2D eigenvalue weighted by Gasteiger charge is -2.11. The number of hydrogen-bond donors (Lipinski definition) is 1. The monoisotopic (exact) mass is 357 g/mol. The average molecular weight is 358 g/mol. The quantitative estimate of drug-likeness (QED) is 0.850. The molecule has 0 saturated heterocycles. The van der Waals surface area contributed by atoms with Gasteiger partial charge in [-0.2, -0.15) is 0 Å². The summed E-state index contributed by atoms with van der Waals surface area (Å²) in [6.45, 7) is 0. The van der Waals surface area contributed by atoms with Crippen molar-refractivity contribution >= 4 is 39.4 Å². The summed E-state index contributed by atoms with van der Waals surface area (Å²) in [5.74, 6) is -0.667. The maximum absolute atomic E-state index is 11.9. The van der Waals surface area contributed by atoms with Crippen LogP contribution in [0.5, 0.6) is 0 Å². The zero-order valence-corrected chi connectivity index (χ0v) is 13.8. The number of ether oxygens (including phenoxy) is 1. The highest BCUT2D eigenvalue weighted by molar-refractivity contribution is 7.99. The zero-order chi connectivity index (χ0) is 16.3. The van der Waals surface area contributed by atoms with Gasteiger partial charge in [0.05, 0.1) is 17.7 Å². The van der Waals surface area contributed by atoms with Crippen LogP contribution in [0.2, 0.25) is 5.02 Å². The summed E-state index contributed by atoms with van der Waals surface area (Å²) in [5.41, 5.74) is 0.0878. The fourth-order valence-electron chi connectivity index (χ4n) is 1.72. The van der Waals surface area contributed by atoms with Crippen LogP contribution < -0.4 is 5.14 Å². The van der Waals surface area contributed by atoms with Gasteiger partial charge in [-0.1, -0.05) is 41.6 Å². The summed E-state index contributed by atoms with van der Waals surface area (Å²) in [6.07, 6.45) is 0. The van der Waals surface area contributed by atoms with Crippen LogP contribution in [-0.4, -0.2) is 21.5 Å². The summed E-state index contributed by atoms with van der Waals surface area (Å²) in [5, 5.41) is 5.05. The second-order valence-electron chi connectivity index (χ2n) is 4.23. The molecule has 8 heteroatoms. The largest absolute Gasteiger partial charge is 0.465 e. The van der Waals surface area contributed by atoms with Gasteiger partial charge in [-0.05, 0) is 24.3 Å². The molecule has 0 radical (unpaired) electrons. The van der Waals surface area contributed by atoms with Crippen LogP contribution in [0, 0.1) is 0 Å². The summed E-state index contributed by atoms with van der Waals surface area (Å²) in [7, 11) is -2.82. The van der Waals surface area contributed by atoms with Crippen molar-refractivity contribution in [2.45, 2.75) is 14.7 Å². The Morgan fingerprint density at radius 3 is 2.41 bits per heavy atom. The van der Waals surface area contributed by atoms with Gasteiger partial charge in [-0.25, -0.2) is 18.4 Å². The molecule has 0 aliphatic rings. The number of halogens is 1. The minimum atomic E-state index is -4.04. The molecule has 0 spiro atoms. The molecule has 0 aromatic heterocycles. The lowest BCUT2D eigenvalue weighted by atomic mass is 10.2. The normalized spacial score (nSPS) is 11.2. The predicted molar refractivity (Wildman–Crippen MR) is 84.7 cm³/mol. The Balaban J connectivity index is 2.58. The number of methoxy groups -OCH3 is 1. The molecule has 0 aliphatic carbocycles. The van der Waals surface area contributed by atoms with Gasteiger partial charge >= 0.3 is 5.97 Å². The van der Waals surface area contributed by atoms with Crippen LogP contribution >= 0.6 is 23.4 Å². The highest BCUT2D eigenvalue weighted by Gasteiger charge is 2.21. The van der Waals surface area contributed by atoms with E-state index in [1.807, 2.05) is 30.3 Å². The predicted octanol–water partition coefficient (Wildman–Crippen LogP) is 2.93. The Bertz CT molecular complexity index is 807. The van der Waals surface area contributed by atoms with Gasteiger partial charge in [0.2, 0.25) is 10.0 Å². The number of primary sulfonamides is 1. The van der Waals surface area contributed by atoms with Crippen molar-refractivity contribution in [3.05, 3.63) is 53.1 Å². The molecule has 0 amide bonds. The molecule has 0 aliphatic heterocycles. The van der Waals surface area contributed by atoms with E-state index in [-0.39, 0.29) is 15.5 Å². The van der Waals surface area contributed by atoms with E-state index in [1.54, 1.807) is 0 Å². The third kappa shape index (κ3) is 3.80. The topological polar surface area (TPSA) is 86.5 Å². The molecule has 116 valence electrons. The van der Waals surface area contributed by atoms with Crippen molar-refractivity contribution in [2.24, 2.45) is 5.14 Å². The van der Waals surface area contributed by atoms with Gasteiger partial charge in [0.15, 0.2) is 0 Å². The van der Waals surface area contributed by atoms with Gasteiger partial charge < -0.3 is 4.74 Å². The smallest absolute Gasteiger partial charge is 0.339 e. The van der Waals surface area contributed by atoms with Crippen LogP contribution in [0.3, 0.4) is 0 Å². The summed E-state index contributed by atoms with van der Waals surface area (Å²) >= 11 is 7.25. The van der Waals surface area contributed by atoms with E-state index < -0.39 is 16.0 Å². The number of benzene rings is 2. The number of sulfonamides is 1. The molecule has 5 nitrogen and oxygen atoms in total. The number of hydrogen-bond acceptors (Lipinski definition) is 5. The first-order chi connectivity index (χ1) is 10.3. The Morgan fingerprint density at radius 2 is 1.86 bits per heavy atom. The molecular formula is C14H12ClNO4S2. The van der Waals surface area contributed by atoms with E-state index in [9.17, 15) is 13.2 Å². The summed E-state index contributed by atoms with van der Waals surface area (Å²) in [6, 6.07) is 11.8. The molecule has 2 aromatic rings. The van der Waals surface area contributed by atoms with E-state index in [1.165, 1.54) is 24.9 Å². The molecule has 0 saturated carbocycles. The van der Waals surface area contributed by atoms with E-state index in [2.05, 4.69) is 0 Å². The van der Waals surface area contributed by atoms with Crippen LogP contribution in [0.25, 0.3) is 0 Å². The Kier molecular flexibility index (Phi) is 5.12. The van der Waals surface area contributed by atoms with E-state index in [4.69, 9.17) is 21.5 Å². The number of esters is 1. The molecule has 0 heterocycles. The summed E-state index contributed by atoms with van der Waals surface area (Å²) < 4.78 is 27.7. The number of nitrogens with two attached hydrogens (primary N) is 1. The second-order valence-corrected chi connectivity index (χ2v) is 7.28. The van der Waals surface area contributed by atoms with Crippen LogP contribution in [0.15, 0.2) is 57.2 Å². The third-order valence-corrected chi connectivity index (χ3v) is 5.16. The number of rotatable bonds is 4. The van der Waals surface area contributed by atoms with Crippen molar-refractivity contribution in [3.8, 4) is 0 Å². The van der Waals surface area contributed by atoms with Gasteiger partial charge in [0.25, 0.3) is 0 Å². The Hall–Kier alpha value is -1.54. The zero-order valence-electron chi connectivity index (χ0n) is 11.4. The van der Waals surface area contributed by atoms with Gasteiger partial charge in [0.1, 0.15) is 4.90 Å². The average Bonchev–Trinajstić information content (AvgIpc) is 2.46. The van der Waals surface area contributed by atoms with Gasteiger partial charge in [-0.3, -0.25) is 0 Å². The molecule has 2 N–H and O–H groups in total. The molecule has 2 aromatic carbocycles. The highest BCUT2D eigenvalue weighted by Crippen LogP contribution is 2.35. The second kappa shape index (κ2) is 6.70. The van der Waals surface area contributed by atoms with Crippen LogP contribution in [0.1, 0.15) is 10.4 Å². The van der Waals surface area contributed by atoms with E-state index in [0.29, 0.717) is 4.90 Å². The van der Waals surface area contributed by atoms with Crippen molar-refractivity contribution in [2.75, 3.05) is 7.11 Å². The number of carbonyl (C=O) groups is 1. The fraction of sp³-hybridized carbons (Fsp3) is 0.0714. The number of carbonyl (C=O) groups excluding carboxylic acids is 1. The van der Waals surface area contributed by atoms with Crippen molar-refractivity contribution in [1.29, 1.82) is 0 Å². The first-order valence-corrected chi connectivity index (χ1v) is 8.74. The third-order valence-electron chi connectivity index (χ3n) is 2.72. The summed E-state index contributed by atoms with van der Waals surface area (Å²) in [4.78, 5) is 12.9. The van der Waals surface area contributed by atoms with Gasteiger partial charge in [0, 0.05) is 9.79 Å². The Morgan fingerprint density at radius 1 is 1.23 bits per heavy atom. The molecule has 0 bridgehead atoms. The van der Waals surface area contributed by atoms with Crippen molar-refractivity contribution in [1.82, 2.24) is 0 Å². The van der Waals surface area contributed by atoms with Gasteiger partial charge in [-0.15, -0.1) is 0 Å². The Labute approximate surface area is 137 Å². The molecule has 0 fully saturated rings. The first kappa shape index (κ1) is 16.8. The minimum Gasteiger partial charge on any atom is -0.465 e. The lowest BCUT2D eigenvalue weighted by molar-refractivity contribution is 0.0596. The minimum absolute atomic E-state index is 0.0476. The van der Waals surface area contributed by atoms with Crippen LogP contribution in [0.4, 0.5) is 0 Å². The SMILES string of the molecule is COC(=O)c1cc(S(N)(=O)=O)c(Cl)cc1Sc1ccccc1.